The van der Waals surface area contributed by atoms with Gasteiger partial charge in [0.05, 0.1) is 5.69 Å². The molecule has 8 nitrogen and oxygen atoms in total. The van der Waals surface area contributed by atoms with Gasteiger partial charge in [0, 0.05) is 27.2 Å². The first kappa shape index (κ1) is 27.3. The van der Waals surface area contributed by atoms with Crippen molar-refractivity contribution in [3.8, 4) is 0 Å². The number of rotatable bonds is 11. The highest BCUT2D eigenvalue weighted by Crippen LogP contribution is 2.20. The third kappa shape index (κ3) is 7.30. The predicted octanol–water partition coefficient (Wildman–Crippen LogP) is 2.80. The van der Waals surface area contributed by atoms with E-state index in [-0.39, 0.29) is 18.4 Å². The molecule has 0 aliphatic heterocycles. The maximum absolute atomic E-state index is 13.6. The summed E-state index contributed by atoms with van der Waals surface area (Å²) in [6.07, 6.45) is 0. The maximum Gasteiger partial charge on any atom is 0.304 e. The molecule has 0 unspecified atom stereocenters. The summed E-state index contributed by atoms with van der Waals surface area (Å²) in [5.41, 5.74) is 2.30. The Hall–Kier alpha value is -2.91. The third-order valence-corrected chi connectivity index (χ3v) is 7.21. The molecule has 186 valence electrons. The topological polar surface area (TPSA) is 90.0 Å². The molecule has 0 aliphatic carbocycles. The van der Waals surface area contributed by atoms with E-state index in [1.165, 1.54) is 19.0 Å². The van der Waals surface area contributed by atoms with E-state index in [0.29, 0.717) is 12.2 Å². The Bertz CT molecular complexity index is 1050. The average Bonchev–Trinajstić information content (AvgIpc) is 2.80. The molecular formula is C25H36N4O4S. The lowest BCUT2D eigenvalue weighted by atomic mass is 10.1. The van der Waals surface area contributed by atoms with Gasteiger partial charge in [0.25, 0.3) is 0 Å². The zero-order valence-electron chi connectivity index (χ0n) is 20.9. The summed E-state index contributed by atoms with van der Waals surface area (Å²) < 4.78 is 28.3. The zero-order valence-corrected chi connectivity index (χ0v) is 21.7. The first-order chi connectivity index (χ1) is 15.9. The number of hydrogen-bond acceptors (Lipinski definition) is 4. The first-order valence-corrected chi connectivity index (χ1v) is 12.7. The minimum Gasteiger partial charge on any atom is -0.354 e. The van der Waals surface area contributed by atoms with Crippen LogP contribution in [-0.4, -0.2) is 62.7 Å². The van der Waals surface area contributed by atoms with Crippen LogP contribution in [0.2, 0.25) is 0 Å². The van der Waals surface area contributed by atoms with Gasteiger partial charge < -0.3 is 10.2 Å². The molecule has 0 saturated heterocycles. The standard InChI is InChI=1S/C25H36N4O4S/c1-19(2)16-26-25(31)21(4)28(17-22-14-12-20(3)13-15-22)24(30)18-29(34(32,33)27(5)6)23-10-8-7-9-11-23/h7-15,19,21H,16-18H2,1-6H3,(H,26,31)/t21-/m0/s1. The van der Waals surface area contributed by atoms with E-state index in [9.17, 15) is 18.0 Å². The summed E-state index contributed by atoms with van der Waals surface area (Å²) in [5, 5.41) is 2.87. The van der Waals surface area contributed by atoms with Crippen LogP contribution in [0.3, 0.4) is 0 Å². The molecule has 2 aromatic rings. The Morgan fingerprint density at radius 2 is 1.53 bits per heavy atom. The largest absolute Gasteiger partial charge is 0.354 e. The number of benzene rings is 2. The lowest BCUT2D eigenvalue weighted by Crippen LogP contribution is -2.52. The van der Waals surface area contributed by atoms with Gasteiger partial charge in [0.15, 0.2) is 0 Å². The second kappa shape index (κ2) is 12.0. The van der Waals surface area contributed by atoms with Crippen LogP contribution in [0.15, 0.2) is 54.6 Å². The van der Waals surface area contributed by atoms with E-state index in [0.717, 1.165) is 19.7 Å². The number of hydrogen-bond donors (Lipinski definition) is 1. The quantitative estimate of drug-likeness (QED) is 0.527. The van der Waals surface area contributed by atoms with E-state index in [4.69, 9.17) is 0 Å². The summed E-state index contributed by atoms with van der Waals surface area (Å²) >= 11 is 0. The lowest BCUT2D eigenvalue weighted by molar-refractivity contribution is -0.139. The van der Waals surface area contributed by atoms with Crippen molar-refractivity contribution in [2.75, 3.05) is 31.5 Å². The molecule has 0 radical (unpaired) electrons. The van der Waals surface area contributed by atoms with Gasteiger partial charge in [-0.3, -0.25) is 9.59 Å². The molecule has 0 heterocycles. The molecule has 1 atom stereocenters. The van der Waals surface area contributed by atoms with Crippen LogP contribution in [0.4, 0.5) is 5.69 Å². The van der Waals surface area contributed by atoms with Crippen LogP contribution in [0.1, 0.15) is 31.9 Å². The molecule has 1 N–H and O–H groups in total. The Morgan fingerprint density at radius 1 is 0.941 bits per heavy atom. The number of para-hydroxylation sites is 1. The van der Waals surface area contributed by atoms with Crippen molar-refractivity contribution < 1.29 is 18.0 Å². The van der Waals surface area contributed by atoms with Crippen LogP contribution in [0.5, 0.6) is 0 Å². The molecule has 0 spiro atoms. The number of amides is 2. The van der Waals surface area contributed by atoms with E-state index in [2.05, 4.69) is 5.32 Å². The van der Waals surface area contributed by atoms with Crippen LogP contribution in [0.25, 0.3) is 0 Å². The fourth-order valence-electron chi connectivity index (χ4n) is 3.24. The number of nitrogens with zero attached hydrogens (tertiary/aromatic N) is 3. The number of nitrogens with one attached hydrogen (secondary N) is 1. The molecule has 2 aromatic carbocycles. The zero-order chi connectivity index (χ0) is 25.5. The summed E-state index contributed by atoms with van der Waals surface area (Å²) in [7, 11) is -1.11. The number of aryl methyl sites for hydroxylation is 1. The summed E-state index contributed by atoms with van der Waals surface area (Å²) in [5.74, 6) is -0.492. The number of carbonyl (C=O) groups is 2. The lowest BCUT2D eigenvalue weighted by Gasteiger charge is -2.33. The summed E-state index contributed by atoms with van der Waals surface area (Å²) in [6.45, 7) is 7.85. The van der Waals surface area contributed by atoms with Crippen LogP contribution in [-0.2, 0) is 26.3 Å². The van der Waals surface area contributed by atoms with Crippen molar-refractivity contribution in [1.29, 1.82) is 0 Å². The molecule has 2 amide bonds. The number of anilines is 1. The van der Waals surface area contributed by atoms with Gasteiger partial charge in [0.1, 0.15) is 12.6 Å². The average molecular weight is 489 g/mol. The van der Waals surface area contributed by atoms with Crippen molar-refractivity contribution >= 4 is 27.7 Å². The fourth-order valence-corrected chi connectivity index (χ4v) is 4.29. The van der Waals surface area contributed by atoms with Crippen molar-refractivity contribution in [2.45, 2.75) is 40.3 Å². The van der Waals surface area contributed by atoms with Crippen molar-refractivity contribution in [1.82, 2.24) is 14.5 Å². The Morgan fingerprint density at radius 3 is 2.06 bits per heavy atom. The van der Waals surface area contributed by atoms with Gasteiger partial charge in [0.2, 0.25) is 11.8 Å². The minimum absolute atomic E-state index is 0.181. The Labute approximate surface area is 203 Å². The highest BCUT2D eigenvalue weighted by atomic mass is 32.2. The molecule has 34 heavy (non-hydrogen) atoms. The monoisotopic (exact) mass is 488 g/mol. The smallest absolute Gasteiger partial charge is 0.304 e. The van der Waals surface area contributed by atoms with E-state index >= 15 is 0 Å². The SMILES string of the molecule is Cc1ccc(CN(C(=O)CN(c2ccccc2)S(=O)(=O)N(C)C)[C@@H](C)C(=O)NCC(C)C)cc1. The van der Waals surface area contributed by atoms with Gasteiger partial charge in [-0.25, -0.2) is 4.31 Å². The third-order valence-electron chi connectivity index (χ3n) is 5.39. The Kier molecular flexibility index (Phi) is 9.64. The molecule has 0 saturated carbocycles. The van der Waals surface area contributed by atoms with E-state index in [1.807, 2.05) is 45.0 Å². The van der Waals surface area contributed by atoms with Gasteiger partial charge in [-0.05, 0) is 37.5 Å². The van der Waals surface area contributed by atoms with Gasteiger partial charge in [-0.1, -0.05) is 61.9 Å². The molecule has 0 bridgehead atoms. The maximum atomic E-state index is 13.6. The second-order valence-electron chi connectivity index (χ2n) is 8.95. The molecule has 0 aromatic heterocycles. The van der Waals surface area contributed by atoms with Crippen molar-refractivity contribution in [3.63, 3.8) is 0 Å². The van der Waals surface area contributed by atoms with Gasteiger partial charge >= 0.3 is 10.2 Å². The highest BCUT2D eigenvalue weighted by Gasteiger charge is 2.32. The van der Waals surface area contributed by atoms with Gasteiger partial charge in [-0.2, -0.15) is 12.7 Å². The summed E-state index contributed by atoms with van der Waals surface area (Å²) in [6, 6.07) is 15.4. The van der Waals surface area contributed by atoms with Crippen LogP contribution < -0.4 is 9.62 Å². The van der Waals surface area contributed by atoms with E-state index in [1.54, 1.807) is 37.3 Å². The molecule has 0 fully saturated rings. The van der Waals surface area contributed by atoms with Crippen molar-refractivity contribution in [3.05, 3.63) is 65.7 Å². The minimum atomic E-state index is -3.95. The Balaban J connectivity index is 2.39. The molecule has 0 aliphatic rings. The first-order valence-electron chi connectivity index (χ1n) is 11.3. The fraction of sp³-hybridized carbons (Fsp3) is 0.440. The van der Waals surface area contributed by atoms with Gasteiger partial charge in [-0.15, -0.1) is 0 Å². The normalized spacial score (nSPS) is 12.5. The number of carbonyl (C=O) groups excluding carboxylic acids is 2. The highest BCUT2D eigenvalue weighted by molar-refractivity contribution is 7.90. The summed E-state index contributed by atoms with van der Waals surface area (Å²) in [4.78, 5) is 27.9. The van der Waals surface area contributed by atoms with E-state index < -0.39 is 28.7 Å². The van der Waals surface area contributed by atoms with Crippen LogP contribution >= 0.6 is 0 Å². The van der Waals surface area contributed by atoms with Crippen molar-refractivity contribution in [2.24, 2.45) is 5.92 Å². The molecular weight excluding hydrogens is 452 g/mol. The molecule has 2 rings (SSSR count). The molecule has 9 heteroatoms. The predicted molar refractivity (Wildman–Crippen MR) is 135 cm³/mol. The van der Waals surface area contributed by atoms with Crippen LogP contribution in [0, 0.1) is 12.8 Å². The second-order valence-corrected chi connectivity index (χ2v) is 11.0.